The number of benzene rings is 2. The molecule has 0 atom stereocenters. The fourth-order valence-corrected chi connectivity index (χ4v) is 3.47. The SMILES string of the molecule is COc1c(/C(C)=C/C(=O)Nc2cc([N+](=O)[O-])ccc2C)cc2c(C)c(C)oc2c1C. The van der Waals surface area contributed by atoms with E-state index in [1.807, 2.05) is 33.8 Å². The van der Waals surface area contributed by atoms with Crippen LogP contribution in [0.2, 0.25) is 0 Å². The molecule has 3 aromatic rings. The standard InChI is InChI=1S/C23H24N2O5/c1-12-7-8-17(25(27)28)10-20(12)24-21(26)9-13(2)18-11-19-14(3)16(5)30-23(19)15(4)22(18)29-6/h7-11H,1-6H3,(H,24,26)/b13-9+. The van der Waals surface area contributed by atoms with Gasteiger partial charge in [0, 0.05) is 34.7 Å². The first-order chi connectivity index (χ1) is 14.1. The number of carbonyl (C=O) groups excluding carboxylic acids is 1. The highest BCUT2D eigenvalue weighted by atomic mass is 16.6. The number of methoxy groups -OCH3 is 1. The second-order valence-corrected chi connectivity index (χ2v) is 7.32. The van der Waals surface area contributed by atoms with Gasteiger partial charge in [0.1, 0.15) is 17.1 Å². The van der Waals surface area contributed by atoms with Crippen LogP contribution in [-0.4, -0.2) is 17.9 Å². The molecule has 1 N–H and O–H groups in total. The summed E-state index contributed by atoms with van der Waals surface area (Å²) in [5.74, 6) is 1.10. The van der Waals surface area contributed by atoms with Crippen molar-refractivity contribution in [3.8, 4) is 5.75 Å². The number of ether oxygens (including phenoxy) is 1. The second-order valence-electron chi connectivity index (χ2n) is 7.32. The number of non-ortho nitro benzene ring substituents is 1. The zero-order valence-electron chi connectivity index (χ0n) is 17.9. The van der Waals surface area contributed by atoms with Gasteiger partial charge in [-0.25, -0.2) is 0 Å². The van der Waals surface area contributed by atoms with Crippen molar-refractivity contribution in [3.63, 3.8) is 0 Å². The fourth-order valence-electron chi connectivity index (χ4n) is 3.47. The second kappa shape index (κ2) is 8.02. The molecule has 1 heterocycles. The molecule has 156 valence electrons. The van der Waals surface area contributed by atoms with Crippen molar-refractivity contribution in [3.05, 3.63) is 68.5 Å². The van der Waals surface area contributed by atoms with Crippen LogP contribution in [0, 0.1) is 37.8 Å². The number of nitrogens with one attached hydrogen (secondary N) is 1. The number of allylic oxidation sites excluding steroid dienone is 1. The number of carbonyl (C=O) groups is 1. The predicted octanol–water partition coefficient (Wildman–Crippen LogP) is 5.63. The van der Waals surface area contributed by atoms with Gasteiger partial charge in [0.15, 0.2) is 0 Å². The highest BCUT2D eigenvalue weighted by Gasteiger charge is 2.18. The number of hydrogen-bond acceptors (Lipinski definition) is 5. The Bertz CT molecular complexity index is 1200. The summed E-state index contributed by atoms with van der Waals surface area (Å²) in [5, 5.41) is 14.7. The molecule has 1 amide bonds. The summed E-state index contributed by atoms with van der Waals surface area (Å²) in [7, 11) is 1.58. The summed E-state index contributed by atoms with van der Waals surface area (Å²) in [6.45, 7) is 9.44. The molecule has 0 saturated heterocycles. The number of hydrogen-bond donors (Lipinski definition) is 1. The van der Waals surface area contributed by atoms with Crippen LogP contribution in [0.1, 0.15) is 34.9 Å². The summed E-state index contributed by atoms with van der Waals surface area (Å²) in [4.78, 5) is 23.2. The Labute approximate surface area is 174 Å². The molecule has 0 aliphatic heterocycles. The van der Waals surface area contributed by atoms with Crippen LogP contribution < -0.4 is 10.1 Å². The minimum absolute atomic E-state index is 0.0786. The Morgan fingerprint density at radius 2 is 1.87 bits per heavy atom. The van der Waals surface area contributed by atoms with Gasteiger partial charge in [0.05, 0.1) is 17.7 Å². The van der Waals surface area contributed by atoms with E-state index >= 15 is 0 Å². The zero-order chi connectivity index (χ0) is 22.2. The monoisotopic (exact) mass is 408 g/mol. The molecule has 30 heavy (non-hydrogen) atoms. The fraction of sp³-hybridized carbons (Fsp3) is 0.261. The Morgan fingerprint density at radius 1 is 1.17 bits per heavy atom. The maximum Gasteiger partial charge on any atom is 0.271 e. The van der Waals surface area contributed by atoms with Gasteiger partial charge in [-0.1, -0.05) is 6.07 Å². The third-order valence-electron chi connectivity index (χ3n) is 5.31. The Kier molecular flexibility index (Phi) is 5.64. The quantitative estimate of drug-likeness (QED) is 0.336. The molecule has 0 spiro atoms. The zero-order valence-corrected chi connectivity index (χ0v) is 17.9. The van der Waals surface area contributed by atoms with Gasteiger partial charge in [-0.05, 0) is 57.4 Å². The Balaban J connectivity index is 2.00. The van der Waals surface area contributed by atoms with Gasteiger partial charge in [-0.3, -0.25) is 14.9 Å². The maximum absolute atomic E-state index is 12.6. The van der Waals surface area contributed by atoms with Crippen LogP contribution >= 0.6 is 0 Å². The van der Waals surface area contributed by atoms with Gasteiger partial charge in [0.25, 0.3) is 5.69 Å². The van der Waals surface area contributed by atoms with Gasteiger partial charge in [-0.15, -0.1) is 0 Å². The van der Waals surface area contributed by atoms with E-state index in [0.29, 0.717) is 17.0 Å². The maximum atomic E-state index is 12.6. The molecule has 1 aromatic heterocycles. The highest BCUT2D eigenvalue weighted by Crippen LogP contribution is 2.38. The van der Waals surface area contributed by atoms with Crippen molar-refractivity contribution in [2.75, 3.05) is 12.4 Å². The molecule has 2 aromatic carbocycles. The van der Waals surface area contributed by atoms with Gasteiger partial charge >= 0.3 is 0 Å². The molecule has 0 unspecified atom stereocenters. The average Bonchev–Trinajstić information content (AvgIpc) is 2.98. The molecule has 7 nitrogen and oxygen atoms in total. The summed E-state index contributed by atoms with van der Waals surface area (Å²) in [6.07, 6.45) is 1.46. The van der Waals surface area contributed by atoms with E-state index in [1.165, 1.54) is 18.2 Å². The Hall–Kier alpha value is -3.61. The number of nitro groups is 1. The molecular weight excluding hydrogens is 384 g/mol. The van der Waals surface area contributed by atoms with Crippen LogP contribution in [0.5, 0.6) is 5.75 Å². The van der Waals surface area contributed by atoms with E-state index < -0.39 is 4.92 Å². The lowest BCUT2D eigenvalue weighted by Crippen LogP contribution is -2.10. The Morgan fingerprint density at radius 3 is 2.50 bits per heavy atom. The molecule has 0 bridgehead atoms. The molecule has 7 heteroatoms. The molecule has 0 radical (unpaired) electrons. The average molecular weight is 408 g/mol. The van der Waals surface area contributed by atoms with Crippen molar-refractivity contribution < 1.29 is 18.9 Å². The van der Waals surface area contributed by atoms with Crippen molar-refractivity contribution in [1.29, 1.82) is 0 Å². The van der Waals surface area contributed by atoms with Gasteiger partial charge in [0.2, 0.25) is 5.91 Å². The van der Waals surface area contributed by atoms with Crippen molar-refractivity contribution in [1.82, 2.24) is 0 Å². The third kappa shape index (κ3) is 3.78. The lowest BCUT2D eigenvalue weighted by molar-refractivity contribution is -0.384. The van der Waals surface area contributed by atoms with E-state index in [9.17, 15) is 14.9 Å². The van der Waals surface area contributed by atoms with Crippen molar-refractivity contribution >= 4 is 33.8 Å². The number of anilines is 1. The number of nitrogens with zero attached hydrogens (tertiary/aromatic N) is 1. The summed E-state index contributed by atoms with van der Waals surface area (Å²) < 4.78 is 11.5. The van der Waals surface area contributed by atoms with Crippen LogP contribution in [0.25, 0.3) is 16.5 Å². The van der Waals surface area contributed by atoms with Crippen LogP contribution in [-0.2, 0) is 4.79 Å². The number of nitro benzene ring substituents is 1. The third-order valence-corrected chi connectivity index (χ3v) is 5.31. The largest absolute Gasteiger partial charge is 0.496 e. The molecule has 0 saturated carbocycles. The summed E-state index contributed by atoms with van der Waals surface area (Å²) in [5.41, 5.74) is 5.23. The molecule has 0 aliphatic rings. The van der Waals surface area contributed by atoms with Gasteiger partial charge in [-0.2, -0.15) is 0 Å². The molecular formula is C23H24N2O5. The topological polar surface area (TPSA) is 94.6 Å². The smallest absolute Gasteiger partial charge is 0.271 e. The van der Waals surface area contributed by atoms with Crippen LogP contribution in [0.3, 0.4) is 0 Å². The lowest BCUT2D eigenvalue weighted by Gasteiger charge is -2.13. The summed E-state index contributed by atoms with van der Waals surface area (Å²) >= 11 is 0. The lowest BCUT2D eigenvalue weighted by atomic mass is 9.98. The number of amides is 1. The first kappa shape index (κ1) is 21.1. The first-order valence-electron chi connectivity index (χ1n) is 9.46. The normalized spacial score (nSPS) is 11.6. The number of aryl methyl sites for hydroxylation is 4. The number of fused-ring (bicyclic) bond motifs is 1. The molecule has 0 aliphatic carbocycles. The molecule has 3 rings (SSSR count). The van der Waals surface area contributed by atoms with Crippen molar-refractivity contribution in [2.45, 2.75) is 34.6 Å². The predicted molar refractivity (Wildman–Crippen MR) is 117 cm³/mol. The first-order valence-corrected chi connectivity index (χ1v) is 9.46. The minimum Gasteiger partial charge on any atom is -0.496 e. The summed E-state index contributed by atoms with van der Waals surface area (Å²) in [6, 6.07) is 6.33. The number of furan rings is 1. The van der Waals surface area contributed by atoms with Crippen molar-refractivity contribution in [2.24, 2.45) is 0 Å². The molecule has 0 fully saturated rings. The van der Waals surface area contributed by atoms with E-state index in [-0.39, 0.29) is 11.6 Å². The van der Waals surface area contributed by atoms with Crippen LogP contribution in [0.4, 0.5) is 11.4 Å². The van der Waals surface area contributed by atoms with E-state index in [4.69, 9.17) is 9.15 Å². The van der Waals surface area contributed by atoms with E-state index in [1.54, 1.807) is 20.1 Å². The van der Waals surface area contributed by atoms with Gasteiger partial charge < -0.3 is 14.5 Å². The highest BCUT2D eigenvalue weighted by molar-refractivity contribution is 6.05. The minimum atomic E-state index is -0.492. The van der Waals surface area contributed by atoms with E-state index in [0.717, 1.165) is 39.0 Å². The van der Waals surface area contributed by atoms with E-state index in [2.05, 4.69) is 5.32 Å². The number of rotatable bonds is 5. The van der Waals surface area contributed by atoms with Crippen LogP contribution in [0.15, 0.2) is 34.8 Å².